The van der Waals surface area contributed by atoms with Gasteiger partial charge in [-0.15, -0.1) is 0 Å². The Balaban J connectivity index is 1.84. The summed E-state index contributed by atoms with van der Waals surface area (Å²) in [6, 6.07) is 18.9. The van der Waals surface area contributed by atoms with Gasteiger partial charge in [-0.3, -0.25) is 0 Å². The largest absolute Gasteiger partial charge is 0.544 e. The zero-order valence-corrected chi connectivity index (χ0v) is 15.3. The van der Waals surface area contributed by atoms with Gasteiger partial charge in [-0.1, -0.05) is 71.9 Å². The molecule has 132 valence electrons. The SMILES string of the molecule is O=C([O-])C1CSC(c2c(-c3ccccc3)nn(-c3ccccc3)c2Cl)[NH2+]1. The summed E-state index contributed by atoms with van der Waals surface area (Å²) in [7, 11) is 0. The van der Waals surface area contributed by atoms with Gasteiger partial charge in [-0.2, -0.15) is 5.10 Å². The molecule has 26 heavy (non-hydrogen) atoms. The average molecular weight is 386 g/mol. The van der Waals surface area contributed by atoms with Gasteiger partial charge in [0.1, 0.15) is 22.9 Å². The van der Waals surface area contributed by atoms with E-state index in [0.29, 0.717) is 10.9 Å². The molecule has 1 saturated heterocycles. The normalized spacial score (nSPS) is 19.6. The summed E-state index contributed by atoms with van der Waals surface area (Å²) in [5.74, 6) is -0.568. The maximum absolute atomic E-state index is 11.2. The van der Waals surface area contributed by atoms with Crippen molar-refractivity contribution in [2.45, 2.75) is 11.4 Å². The molecule has 4 rings (SSSR count). The summed E-state index contributed by atoms with van der Waals surface area (Å²) in [6.45, 7) is 0. The minimum Gasteiger partial charge on any atom is -0.544 e. The van der Waals surface area contributed by atoms with E-state index >= 15 is 0 Å². The van der Waals surface area contributed by atoms with E-state index in [0.717, 1.165) is 22.5 Å². The molecule has 0 aliphatic carbocycles. The lowest BCUT2D eigenvalue weighted by atomic mass is 10.1. The van der Waals surface area contributed by atoms with Crippen LogP contribution < -0.4 is 10.4 Å². The highest BCUT2D eigenvalue weighted by Crippen LogP contribution is 2.39. The number of aliphatic carboxylic acids is 1. The molecule has 1 aliphatic heterocycles. The standard InChI is InChI=1S/C19H16ClN3O2S/c20-17-15(18-21-14(11-26-18)19(24)25)16(12-7-3-1-4-8-12)22-23(17)13-9-5-2-6-10-13/h1-10,14,18,21H,11H2,(H,24,25). The number of thioether (sulfide) groups is 1. The van der Waals surface area contributed by atoms with Crippen molar-refractivity contribution < 1.29 is 15.2 Å². The van der Waals surface area contributed by atoms with E-state index in [2.05, 4.69) is 0 Å². The molecule has 0 saturated carbocycles. The predicted molar refractivity (Wildman–Crippen MR) is 99.9 cm³/mol. The number of halogens is 1. The molecule has 1 fully saturated rings. The Morgan fingerprint density at radius 2 is 1.81 bits per heavy atom. The molecule has 1 aromatic heterocycles. The van der Waals surface area contributed by atoms with Crippen LogP contribution in [0.4, 0.5) is 0 Å². The highest BCUT2D eigenvalue weighted by atomic mass is 35.5. The van der Waals surface area contributed by atoms with E-state index < -0.39 is 12.0 Å². The Hall–Kier alpha value is -2.28. The number of hydrogen-bond donors (Lipinski definition) is 1. The zero-order valence-electron chi connectivity index (χ0n) is 13.7. The molecule has 1 aliphatic rings. The number of carboxylic acid groups (broad SMARTS) is 1. The summed E-state index contributed by atoms with van der Waals surface area (Å²) < 4.78 is 1.71. The molecule has 2 atom stereocenters. The van der Waals surface area contributed by atoms with Crippen LogP contribution in [0.1, 0.15) is 10.9 Å². The van der Waals surface area contributed by atoms with Crippen LogP contribution in [0.15, 0.2) is 60.7 Å². The summed E-state index contributed by atoms with van der Waals surface area (Å²) in [6.07, 6.45) is 0. The van der Waals surface area contributed by atoms with E-state index in [-0.39, 0.29) is 5.37 Å². The Kier molecular flexibility index (Phi) is 4.72. The summed E-state index contributed by atoms with van der Waals surface area (Å²) in [5.41, 5.74) is 3.42. The molecule has 0 spiro atoms. The second kappa shape index (κ2) is 7.15. The first-order valence-electron chi connectivity index (χ1n) is 8.22. The van der Waals surface area contributed by atoms with Crippen LogP contribution in [0, 0.1) is 0 Å². The number of carbonyl (C=O) groups excluding carboxylic acids is 1. The lowest BCUT2D eigenvalue weighted by Crippen LogP contribution is -2.90. The molecule has 0 amide bonds. The van der Waals surface area contributed by atoms with Gasteiger partial charge in [0.2, 0.25) is 0 Å². The molecule has 5 nitrogen and oxygen atoms in total. The topological polar surface area (TPSA) is 74.6 Å². The van der Waals surface area contributed by atoms with E-state index in [1.54, 1.807) is 21.8 Å². The number of carboxylic acids is 1. The van der Waals surface area contributed by atoms with Gasteiger partial charge < -0.3 is 15.2 Å². The number of rotatable bonds is 4. The van der Waals surface area contributed by atoms with Gasteiger partial charge in [0.25, 0.3) is 0 Å². The maximum Gasteiger partial charge on any atom is 0.164 e. The average Bonchev–Trinajstić information content (AvgIpc) is 3.28. The van der Waals surface area contributed by atoms with Gasteiger partial charge in [-0.05, 0) is 12.1 Å². The predicted octanol–water partition coefficient (Wildman–Crippen LogP) is 1.62. The number of nitrogens with two attached hydrogens (primary N) is 1. The molecule has 0 radical (unpaired) electrons. The first-order valence-corrected chi connectivity index (χ1v) is 9.64. The lowest BCUT2D eigenvalue weighted by Gasteiger charge is -2.11. The van der Waals surface area contributed by atoms with Crippen LogP contribution in [0.3, 0.4) is 0 Å². The highest BCUT2D eigenvalue weighted by Gasteiger charge is 2.36. The molecule has 2 aromatic carbocycles. The molecule has 7 heteroatoms. The Morgan fingerprint density at radius 1 is 1.15 bits per heavy atom. The minimum atomic E-state index is -1.05. The fraction of sp³-hybridized carbons (Fsp3) is 0.158. The molecule has 0 bridgehead atoms. The molecular formula is C19H16ClN3O2S. The maximum atomic E-state index is 11.2. The molecule has 2 unspecified atom stereocenters. The second-order valence-corrected chi connectivity index (χ2v) is 7.57. The van der Waals surface area contributed by atoms with Crippen molar-refractivity contribution in [3.05, 3.63) is 71.4 Å². The van der Waals surface area contributed by atoms with Crippen LogP contribution in [0.2, 0.25) is 5.15 Å². The third-order valence-corrected chi connectivity index (χ3v) is 6.03. The number of carbonyl (C=O) groups is 1. The van der Waals surface area contributed by atoms with Crippen molar-refractivity contribution in [1.29, 1.82) is 0 Å². The molecule has 2 N–H and O–H groups in total. The highest BCUT2D eigenvalue weighted by molar-refractivity contribution is 7.99. The van der Waals surface area contributed by atoms with Gasteiger partial charge >= 0.3 is 0 Å². The van der Waals surface area contributed by atoms with Gasteiger partial charge in [0, 0.05) is 5.56 Å². The lowest BCUT2D eigenvalue weighted by molar-refractivity contribution is -0.690. The number of aromatic nitrogens is 2. The molecular weight excluding hydrogens is 370 g/mol. The summed E-state index contributed by atoms with van der Waals surface area (Å²) in [5, 5.41) is 18.1. The van der Waals surface area contributed by atoms with Gasteiger partial charge in [-0.25, -0.2) is 4.68 Å². The van der Waals surface area contributed by atoms with E-state index in [9.17, 15) is 9.90 Å². The van der Waals surface area contributed by atoms with Gasteiger partial charge in [0.05, 0.1) is 17.0 Å². The quantitative estimate of drug-likeness (QED) is 0.740. The van der Waals surface area contributed by atoms with Crippen LogP contribution in [0.25, 0.3) is 16.9 Å². The Morgan fingerprint density at radius 3 is 2.42 bits per heavy atom. The number of benzene rings is 2. The van der Waals surface area contributed by atoms with Gasteiger partial charge in [0.15, 0.2) is 5.37 Å². The van der Waals surface area contributed by atoms with Crippen molar-refractivity contribution in [1.82, 2.24) is 9.78 Å². The number of quaternary nitrogens is 1. The van der Waals surface area contributed by atoms with E-state index in [1.807, 2.05) is 60.7 Å². The van der Waals surface area contributed by atoms with Crippen molar-refractivity contribution in [2.24, 2.45) is 0 Å². The number of nitrogens with zero attached hydrogens (tertiary/aromatic N) is 2. The third-order valence-electron chi connectivity index (χ3n) is 4.36. The van der Waals surface area contributed by atoms with E-state index in [1.165, 1.54) is 0 Å². The van der Waals surface area contributed by atoms with Crippen LogP contribution in [-0.4, -0.2) is 27.5 Å². The van der Waals surface area contributed by atoms with Crippen molar-refractivity contribution in [3.8, 4) is 16.9 Å². The third kappa shape index (κ3) is 3.11. The number of para-hydroxylation sites is 1. The monoisotopic (exact) mass is 385 g/mol. The first kappa shape index (κ1) is 17.1. The fourth-order valence-corrected chi connectivity index (χ4v) is 4.83. The molecule has 3 aromatic rings. The van der Waals surface area contributed by atoms with Crippen molar-refractivity contribution >= 4 is 29.3 Å². The fourth-order valence-electron chi connectivity index (χ4n) is 3.07. The smallest absolute Gasteiger partial charge is 0.164 e. The van der Waals surface area contributed by atoms with Crippen molar-refractivity contribution in [2.75, 3.05) is 5.75 Å². The Bertz CT molecular complexity index is 931. The van der Waals surface area contributed by atoms with Crippen molar-refractivity contribution in [3.63, 3.8) is 0 Å². The zero-order chi connectivity index (χ0) is 18.1. The number of hydrogen-bond acceptors (Lipinski definition) is 4. The van der Waals surface area contributed by atoms with Crippen LogP contribution >= 0.6 is 23.4 Å². The Labute approximate surface area is 160 Å². The minimum absolute atomic E-state index is 0.141. The summed E-state index contributed by atoms with van der Waals surface area (Å²) in [4.78, 5) is 11.2. The summed E-state index contributed by atoms with van der Waals surface area (Å²) >= 11 is 8.27. The first-order chi connectivity index (χ1) is 12.6. The van der Waals surface area contributed by atoms with Crippen LogP contribution in [0.5, 0.6) is 0 Å². The second-order valence-electron chi connectivity index (χ2n) is 6.04. The molecule has 2 heterocycles. The van der Waals surface area contributed by atoms with E-state index in [4.69, 9.17) is 16.7 Å². The van der Waals surface area contributed by atoms with Crippen LogP contribution in [-0.2, 0) is 4.79 Å².